The number of hydrogen-bond donors (Lipinski definition) is 0. The second kappa shape index (κ2) is 7.75. The maximum absolute atomic E-state index is 13.8. The molecule has 0 unspecified atom stereocenters. The van der Waals surface area contributed by atoms with Gasteiger partial charge in [-0.1, -0.05) is 12.1 Å². The Morgan fingerprint density at radius 3 is 2.58 bits per heavy atom. The number of halogens is 3. The summed E-state index contributed by atoms with van der Waals surface area (Å²) < 4.78 is 53.6. The third-order valence-corrected chi connectivity index (χ3v) is 6.21. The zero-order valence-electron chi connectivity index (χ0n) is 17.9. The van der Waals surface area contributed by atoms with E-state index in [4.69, 9.17) is 4.74 Å². The molecular weight excluding hydrogens is 435 g/mol. The van der Waals surface area contributed by atoms with Crippen LogP contribution in [0.25, 0.3) is 32.9 Å². The number of benzene rings is 1. The molecule has 9 heteroatoms. The van der Waals surface area contributed by atoms with E-state index < -0.39 is 23.7 Å². The highest BCUT2D eigenvalue weighted by molar-refractivity contribution is 6.08. The summed E-state index contributed by atoms with van der Waals surface area (Å²) in [5.74, 6) is -1.21. The highest BCUT2D eigenvalue weighted by Crippen LogP contribution is 2.41. The Hall–Kier alpha value is -3.62. The van der Waals surface area contributed by atoms with Gasteiger partial charge in [-0.05, 0) is 36.6 Å². The van der Waals surface area contributed by atoms with Crippen LogP contribution in [0.5, 0.6) is 5.88 Å². The van der Waals surface area contributed by atoms with Crippen molar-refractivity contribution in [2.45, 2.75) is 25.1 Å². The van der Waals surface area contributed by atoms with Crippen molar-refractivity contribution in [3.05, 3.63) is 54.5 Å². The summed E-state index contributed by atoms with van der Waals surface area (Å²) in [6.07, 6.45) is 0.328. The third-order valence-electron chi connectivity index (χ3n) is 6.21. The van der Waals surface area contributed by atoms with E-state index in [1.165, 1.54) is 13.3 Å². The number of rotatable bonds is 4. The minimum atomic E-state index is -4.64. The maximum Gasteiger partial charge on any atom is 0.421 e. The Kier molecular flexibility index (Phi) is 4.99. The molecule has 1 aliphatic carbocycles. The quantitative estimate of drug-likeness (QED) is 0.399. The van der Waals surface area contributed by atoms with Gasteiger partial charge in [0.25, 0.3) is 0 Å². The van der Waals surface area contributed by atoms with E-state index in [1.54, 1.807) is 18.5 Å². The van der Waals surface area contributed by atoms with Gasteiger partial charge < -0.3 is 14.0 Å². The van der Waals surface area contributed by atoms with Gasteiger partial charge in [-0.15, -0.1) is 0 Å². The normalized spacial score (nSPS) is 18.3. The van der Waals surface area contributed by atoms with Crippen LogP contribution in [0.2, 0.25) is 0 Å². The standard InChI is InChI=1S/C24H20F3N3O3/c1-30-20-5-6-28-12-18(20)17-4-3-13(10-21(17)30)15-9-19(24(25,26)27)22(29-11-15)33-16-7-14(8-16)23(31)32-2/h3-6,9-12,14,16H,7-8H2,1-2H3/t14-,16-. The Morgan fingerprint density at radius 2 is 1.85 bits per heavy atom. The van der Waals surface area contributed by atoms with Crippen LogP contribution in [0.15, 0.2) is 48.9 Å². The van der Waals surface area contributed by atoms with Gasteiger partial charge >= 0.3 is 12.1 Å². The minimum Gasteiger partial charge on any atom is -0.474 e. The number of esters is 1. The van der Waals surface area contributed by atoms with E-state index in [-0.39, 0.29) is 11.9 Å². The molecule has 3 heterocycles. The molecule has 1 saturated carbocycles. The van der Waals surface area contributed by atoms with E-state index in [1.807, 2.05) is 29.8 Å². The summed E-state index contributed by atoms with van der Waals surface area (Å²) in [7, 11) is 3.19. The molecule has 0 amide bonds. The molecular formula is C24H20F3N3O3. The predicted octanol–water partition coefficient (Wildman–Crippen LogP) is 5.14. The Labute approximate surface area is 187 Å². The summed E-state index contributed by atoms with van der Waals surface area (Å²) in [6.45, 7) is 0. The zero-order chi connectivity index (χ0) is 23.3. The average molecular weight is 455 g/mol. The fourth-order valence-electron chi connectivity index (χ4n) is 4.32. The number of aryl methyl sites for hydroxylation is 1. The summed E-state index contributed by atoms with van der Waals surface area (Å²) in [4.78, 5) is 19.7. The van der Waals surface area contributed by atoms with Gasteiger partial charge in [0, 0.05) is 47.5 Å². The fourth-order valence-corrected chi connectivity index (χ4v) is 4.32. The smallest absolute Gasteiger partial charge is 0.421 e. The van der Waals surface area contributed by atoms with Crippen molar-refractivity contribution >= 4 is 27.8 Å². The van der Waals surface area contributed by atoms with Crippen LogP contribution in [0.3, 0.4) is 0 Å². The highest BCUT2D eigenvalue weighted by Gasteiger charge is 2.40. The van der Waals surface area contributed by atoms with Crippen LogP contribution in [0, 0.1) is 5.92 Å². The van der Waals surface area contributed by atoms with Crippen molar-refractivity contribution in [2.24, 2.45) is 13.0 Å². The number of methoxy groups -OCH3 is 1. The van der Waals surface area contributed by atoms with Gasteiger partial charge in [0.1, 0.15) is 11.7 Å². The first-order valence-corrected chi connectivity index (χ1v) is 10.4. The average Bonchev–Trinajstić information content (AvgIpc) is 3.06. The number of hydrogen-bond acceptors (Lipinski definition) is 5. The monoisotopic (exact) mass is 455 g/mol. The number of carbonyl (C=O) groups is 1. The van der Waals surface area contributed by atoms with Crippen LogP contribution in [-0.4, -0.2) is 33.7 Å². The molecule has 0 bridgehead atoms. The lowest BCUT2D eigenvalue weighted by atomic mass is 9.82. The second-order valence-corrected chi connectivity index (χ2v) is 8.19. The zero-order valence-corrected chi connectivity index (χ0v) is 17.9. The molecule has 3 aromatic heterocycles. The summed E-state index contributed by atoms with van der Waals surface area (Å²) in [6, 6.07) is 8.47. The molecule has 4 aromatic rings. The lowest BCUT2D eigenvalue weighted by molar-refractivity contribution is -0.153. The Morgan fingerprint density at radius 1 is 1.06 bits per heavy atom. The van der Waals surface area contributed by atoms with E-state index in [9.17, 15) is 18.0 Å². The summed E-state index contributed by atoms with van der Waals surface area (Å²) >= 11 is 0. The molecule has 170 valence electrons. The van der Waals surface area contributed by atoms with Gasteiger partial charge in [-0.3, -0.25) is 9.78 Å². The third kappa shape index (κ3) is 3.67. The van der Waals surface area contributed by atoms with Crippen LogP contribution in [-0.2, 0) is 22.8 Å². The van der Waals surface area contributed by atoms with E-state index >= 15 is 0 Å². The first-order valence-electron chi connectivity index (χ1n) is 10.4. The lowest BCUT2D eigenvalue weighted by Crippen LogP contribution is -2.39. The maximum atomic E-state index is 13.8. The Balaban J connectivity index is 1.49. The van der Waals surface area contributed by atoms with Crippen molar-refractivity contribution in [2.75, 3.05) is 7.11 Å². The molecule has 0 radical (unpaired) electrons. The number of pyridine rings is 2. The highest BCUT2D eigenvalue weighted by atomic mass is 19.4. The minimum absolute atomic E-state index is 0.306. The number of fused-ring (bicyclic) bond motifs is 3. The van der Waals surface area contributed by atoms with E-state index in [0.29, 0.717) is 24.0 Å². The largest absolute Gasteiger partial charge is 0.474 e. The first-order chi connectivity index (χ1) is 15.8. The molecule has 0 atom stereocenters. The van der Waals surface area contributed by atoms with Crippen LogP contribution in [0.1, 0.15) is 18.4 Å². The van der Waals surface area contributed by atoms with E-state index in [2.05, 4.69) is 14.7 Å². The predicted molar refractivity (Wildman–Crippen MR) is 116 cm³/mol. The number of nitrogens with zero attached hydrogens (tertiary/aromatic N) is 3. The van der Waals surface area contributed by atoms with Crippen LogP contribution < -0.4 is 4.74 Å². The van der Waals surface area contributed by atoms with Crippen molar-refractivity contribution in [1.29, 1.82) is 0 Å². The Bertz CT molecular complexity index is 1370. The molecule has 1 aromatic carbocycles. The topological polar surface area (TPSA) is 66.2 Å². The van der Waals surface area contributed by atoms with Crippen LogP contribution in [0.4, 0.5) is 13.2 Å². The van der Waals surface area contributed by atoms with E-state index in [0.717, 1.165) is 27.9 Å². The molecule has 6 nitrogen and oxygen atoms in total. The molecule has 1 aliphatic rings. The van der Waals surface area contributed by atoms with Gasteiger partial charge in [0.05, 0.1) is 18.5 Å². The number of aromatic nitrogens is 3. The molecule has 5 rings (SSSR count). The van der Waals surface area contributed by atoms with Gasteiger partial charge in [-0.25, -0.2) is 4.98 Å². The van der Waals surface area contributed by atoms with Crippen LogP contribution >= 0.6 is 0 Å². The number of carbonyl (C=O) groups excluding carboxylic acids is 1. The number of alkyl halides is 3. The van der Waals surface area contributed by atoms with Crippen molar-refractivity contribution < 1.29 is 27.4 Å². The number of ether oxygens (including phenoxy) is 2. The SMILES string of the molecule is COC(=O)[C@H]1C[C@H](Oc2ncc(-c3ccc4c5cnccc5n(C)c4c3)cc2C(F)(F)F)C1. The van der Waals surface area contributed by atoms with Gasteiger partial charge in [-0.2, -0.15) is 13.2 Å². The molecule has 1 fully saturated rings. The molecule has 0 spiro atoms. The molecule has 0 N–H and O–H groups in total. The van der Waals surface area contributed by atoms with Crippen molar-refractivity contribution in [3.63, 3.8) is 0 Å². The van der Waals surface area contributed by atoms with Crippen molar-refractivity contribution in [3.8, 4) is 17.0 Å². The summed E-state index contributed by atoms with van der Waals surface area (Å²) in [5, 5.41) is 1.95. The lowest BCUT2D eigenvalue weighted by Gasteiger charge is -2.33. The molecule has 0 aliphatic heterocycles. The molecule has 0 saturated heterocycles. The molecule has 33 heavy (non-hydrogen) atoms. The van der Waals surface area contributed by atoms with Gasteiger partial charge in [0.15, 0.2) is 0 Å². The van der Waals surface area contributed by atoms with Gasteiger partial charge in [0.2, 0.25) is 5.88 Å². The first kappa shape index (κ1) is 21.2. The van der Waals surface area contributed by atoms with Crippen molar-refractivity contribution in [1.82, 2.24) is 14.5 Å². The second-order valence-electron chi connectivity index (χ2n) is 8.19. The summed E-state index contributed by atoms with van der Waals surface area (Å²) in [5.41, 5.74) is 1.87. The fraction of sp³-hybridized carbons (Fsp3) is 0.292.